The maximum absolute atomic E-state index is 10.7. The van der Waals surface area contributed by atoms with Gasteiger partial charge < -0.3 is 0 Å². The molecule has 22 heavy (non-hydrogen) atoms. The molecule has 124 valence electrons. The normalized spacial score (nSPS) is 10.8. The van der Waals surface area contributed by atoms with Crippen molar-refractivity contribution < 1.29 is 60.2 Å². The molecule has 0 saturated heterocycles. The smallest absolute Gasteiger partial charge is 0 e. The van der Waals surface area contributed by atoms with Crippen LogP contribution in [0.25, 0.3) is 0 Å². The zero-order chi connectivity index (χ0) is 18.2. The van der Waals surface area contributed by atoms with Gasteiger partial charge in [0.15, 0.2) is 0 Å². The molecule has 0 aliphatic heterocycles. The fraction of sp³-hybridized carbons (Fsp3) is 0.0909. The molecule has 1 aromatic rings. The number of aryl methyl sites for hydroxylation is 1. The van der Waals surface area contributed by atoms with Crippen LogP contribution in [0.3, 0.4) is 0 Å². The minimum Gasteiger partial charge on any atom is 0 e. The predicted octanol–water partition coefficient (Wildman–Crippen LogP) is 5.54. The van der Waals surface area contributed by atoms with Crippen molar-refractivity contribution in [1.82, 2.24) is 0 Å². The van der Waals surface area contributed by atoms with Gasteiger partial charge in [-0.1, -0.05) is 0 Å². The molecule has 0 fully saturated rings. The third-order valence-electron chi connectivity index (χ3n) is 1.05. The summed E-state index contributed by atoms with van der Waals surface area (Å²) < 4.78 is 81.7. The molecule has 1 aromatic carbocycles. The molecule has 0 atom stereocenters. The summed E-state index contributed by atoms with van der Waals surface area (Å²) in [5.74, 6) is 0. The van der Waals surface area contributed by atoms with Crippen molar-refractivity contribution in [2.45, 2.75) is 6.92 Å². The molecule has 1 rings (SSSR count). The summed E-state index contributed by atoms with van der Waals surface area (Å²) in [5.41, 5.74) is 1.30. The Hall–Kier alpha value is -0.992. The molecule has 0 aliphatic rings. The van der Waals surface area contributed by atoms with Crippen LogP contribution in [0.4, 0.5) is 25.2 Å². The van der Waals surface area contributed by atoms with Crippen LogP contribution in [0.1, 0.15) is 5.56 Å². The van der Waals surface area contributed by atoms with Crippen LogP contribution in [0.5, 0.6) is 0 Å². The zero-order valence-electron chi connectivity index (χ0n) is 10.8. The number of halogens is 6. The molecule has 0 saturated carbocycles. The van der Waals surface area contributed by atoms with E-state index in [1.165, 1.54) is 5.56 Å². The van der Waals surface area contributed by atoms with Gasteiger partial charge in [-0.25, -0.2) is 0 Å². The van der Waals surface area contributed by atoms with E-state index in [1.807, 2.05) is 24.3 Å². The van der Waals surface area contributed by atoms with E-state index in [2.05, 4.69) is 39.0 Å². The molecule has 11 heteroatoms. The Kier molecular flexibility index (Phi) is 20.4. The molecular formula is C11H9F6O3PW. The van der Waals surface area contributed by atoms with Crippen LogP contribution < -0.4 is 0 Å². The maximum atomic E-state index is 9.87. The largest absolute Gasteiger partial charge is 0 e. The number of hydrogen-bond acceptors (Lipinski definition) is 0. The number of hydrogen-bond donors (Lipinski definition) is 0. The van der Waals surface area contributed by atoms with Crippen LogP contribution in [0.2, 0.25) is 0 Å². The van der Waals surface area contributed by atoms with E-state index in [-0.39, 0.29) is 21.1 Å². The van der Waals surface area contributed by atoms with Gasteiger partial charge >= 0.3 is 66.9 Å². The molecule has 0 heterocycles. The van der Waals surface area contributed by atoms with Gasteiger partial charge in [0.2, 0.25) is 0 Å². The molecule has 0 amide bonds. The second kappa shape index (κ2) is 13.7. The summed E-state index contributed by atoms with van der Waals surface area (Å²) in [6, 6.07) is 12.3. The van der Waals surface area contributed by atoms with E-state index >= 15 is 0 Å². The van der Waals surface area contributed by atoms with Gasteiger partial charge in [0.25, 0.3) is 0 Å². The SMILES string of the molecule is Cc1ccc[cH+]cc1.F[P-](F)(F)(F)(F)F.[C-]#[O+].[C-]#[O+].[C-]#[O+].[W]. The molecule has 0 spiro atoms. The van der Waals surface area contributed by atoms with Crippen molar-refractivity contribution in [3.05, 3.63) is 61.9 Å². The Bertz CT molecular complexity index is 417. The standard InChI is InChI=1S/C8H9.3CO.F6P.W/c1-8-6-4-2-3-5-7-8;3*1-2;1-7(2,3,4,5)6;/h2-7H,1H3;;;;;/q+1;;;;-1;. The third kappa shape index (κ3) is 96.1. The van der Waals surface area contributed by atoms with Gasteiger partial charge in [0.05, 0.1) is 0 Å². The van der Waals surface area contributed by atoms with Gasteiger partial charge in [-0.3, -0.25) is 0 Å². The molecule has 3 nitrogen and oxygen atoms in total. The van der Waals surface area contributed by atoms with E-state index in [0.717, 1.165) is 0 Å². The van der Waals surface area contributed by atoms with Crippen molar-refractivity contribution in [2.24, 2.45) is 0 Å². The summed E-state index contributed by atoms with van der Waals surface area (Å²) in [6.07, 6.45) is 0. The van der Waals surface area contributed by atoms with Crippen molar-refractivity contribution in [3.8, 4) is 0 Å². The topological polar surface area (TPSA) is 59.7 Å². The summed E-state index contributed by atoms with van der Waals surface area (Å²) in [4.78, 5) is 0. The van der Waals surface area contributed by atoms with Crippen molar-refractivity contribution in [3.63, 3.8) is 0 Å². The van der Waals surface area contributed by atoms with E-state index in [1.54, 1.807) is 0 Å². The molecular weight excluding hydrogens is 509 g/mol. The van der Waals surface area contributed by atoms with Crippen LogP contribution >= 0.6 is 7.81 Å². The Morgan fingerprint density at radius 2 is 1.14 bits per heavy atom. The first-order chi connectivity index (χ1) is 9.34. The van der Waals surface area contributed by atoms with Crippen LogP contribution in [0, 0.1) is 26.9 Å². The van der Waals surface area contributed by atoms with Crippen molar-refractivity contribution >= 4 is 7.81 Å². The predicted molar refractivity (Wildman–Crippen MR) is 60.9 cm³/mol. The second-order valence-electron chi connectivity index (χ2n) is 2.81. The Balaban J connectivity index is -0.0000000635. The Morgan fingerprint density at radius 3 is 1.45 bits per heavy atom. The molecule has 0 unspecified atom stereocenters. The fourth-order valence-electron chi connectivity index (χ4n) is 0.599. The molecule has 0 radical (unpaired) electrons. The minimum atomic E-state index is -10.7. The fourth-order valence-corrected chi connectivity index (χ4v) is 0.599. The van der Waals surface area contributed by atoms with Crippen LogP contribution in [0.15, 0.2) is 36.4 Å². The minimum absolute atomic E-state index is 0. The average molecular weight is 518 g/mol. The van der Waals surface area contributed by atoms with Crippen LogP contribution in [-0.4, -0.2) is 0 Å². The Labute approximate surface area is 137 Å². The van der Waals surface area contributed by atoms with Gasteiger partial charge in [0, 0.05) is 63.0 Å². The summed E-state index contributed by atoms with van der Waals surface area (Å²) >= 11 is 0. The zero-order valence-corrected chi connectivity index (χ0v) is 14.6. The first-order valence-corrected chi connectivity index (χ1v) is 6.40. The van der Waals surface area contributed by atoms with Crippen molar-refractivity contribution in [2.75, 3.05) is 0 Å². The Morgan fingerprint density at radius 1 is 0.818 bits per heavy atom. The van der Waals surface area contributed by atoms with Gasteiger partial charge in [-0.15, -0.1) is 0 Å². The number of rotatable bonds is 0. The van der Waals surface area contributed by atoms with Crippen LogP contribution in [-0.2, 0) is 35.0 Å². The van der Waals surface area contributed by atoms with Crippen molar-refractivity contribution in [1.29, 1.82) is 0 Å². The van der Waals surface area contributed by atoms with E-state index in [9.17, 15) is 25.2 Å². The first-order valence-electron chi connectivity index (χ1n) is 4.37. The molecule has 0 aromatic heterocycles. The monoisotopic (exact) mass is 518 g/mol. The first kappa shape index (κ1) is 32.8. The van der Waals surface area contributed by atoms with Gasteiger partial charge in [-0.05, 0) is 6.92 Å². The quantitative estimate of drug-likeness (QED) is 0.188. The maximum Gasteiger partial charge on any atom is 0 e. The average Bonchev–Trinajstić information content (AvgIpc) is 2.61. The van der Waals surface area contributed by atoms with E-state index in [4.69, 9.17) is 14.0 Å². The summed E-state index contributed by atoms with van der Waals surface area (Å²) in [5, 5.41) is 0. The third-order valence-corrected chi connectivity index (χ3v) is 1.05. The van der Waals surface area contributed by atoms with Gasteiger partial charge in [-0.2, -0.15) is 0 Å². The summed E-state index contributed by atoms with van der Waals surface area (Å²) in [6.45, 7) is 15.6. The molecule has 0 aliphatic carbocycles. The van der Waals surface area contributed by atoms with E-state index in [0.29, 0.717) is 0 Å². The molecule has 0 N–H and O–H groups in total. The van der Waals surface area contributed by atoms with E-state index < -0.39 is 7.81 Å². The molecule has 0 bridgehead atoms. The summed E-state index contributed by atoms with van der Waals surface area (Å²) in [7, 11) is -10.7. The second-order valence-corrected chi connectivity index (χ2v) is 4.72. The van der Waals surface area contributed by atoms with Gasteiger partial charge in [0.1, 0.15) is 0 Å².